The summed E-state index contributed by atoms with van der Waals surface area (Å²) < 4.78 is 0. The molecule has 4 nitrogen and oxygen atoms in total. The molecule has 1 aromatic carbocycles. The monoisotopic (exact) mass is 268 g/mol. The highest BCUT2D eigenvalue weighted by molar-refractivity contribution is 7.99. The Bertz CT molecular complexity index is 416. The summed E-state index contributed by atoms with van der Waals surface area (Å²) in [5, 5.41) is 14.2. The molecule has 1 atom stereocenters. The zero-order valence-electron chi connectivity index (χ0n) is 11.3. The number of benzene rings is 1. The van der Waals surface area contributed by atoms with Gasteiger partial charge in [0, 0.05) is 17.9 Å². The molecule has 0 aliphatic rings. The van der Waals surface area contributed by atoms with Crippen LogP contribution in [0.1, 0.15) is 20.8 Å². The standard InChI is InChI=1S/C13H20N2O2S/c1-13(2,3)12(14-4)9-18-11-8-6-5-7-10(11)15(16)17/h5-8,12,14H,9H2,1-4H3. The van der Waals surface area contributed by atoms with E-state index < -0.39 is 0 Å². The Hall–Kier alpha value is -1.07. The third kappa shape index (κ3) is 3.99. The molecule has 0 amide bonds. The van der Waals surface area contributed by atoms with Gasteiger partial charge in [0.25, 0.3) is 5.69 Å². The fourth-order valence-corrected chi connectivity index (χ4v) is 3.15. The first kappa shape index (κ1) is 15.0. The van der Waals surface area contributed by atoms with Crippen molar-refractivity contribution in [2.45, 2.75) is 31.7 Å². The number of para-hydroxylation sites is 1. The highest BCUT2D eigenvalue weighted by Crippen LogP contribution is 2.31. The minimum atomic E-state index is -0.326. The van der Waals surface area contributed by atoms with Gasteiger partial charge in [-0.3, -0.25) is 10.1 Å². The molecule has 1 unspecified atom stereocenters. The minimum Gasteiger partial charge on any atom is -0.316 e. The van der Waals surface area contributed by atoms with Crippen molar-refractivity contribution in [1.29, 1.82) is 0 Å². The van der Waals surface area contributed by atoms with Crippen molar-refractivity contribution >= 4 is 17.4 Å². The molecule has 0 saturated carbocycles. The van der Waals surface area contributed by atoms with Crippen molar-refractivity contribution in [2.24, 2.45) is 5.41 Å². The zero-order chi connectivity index (χ0) is 13.8. The number of rotatable bonds is 5. The van der Waals surface area contributed by atoms with Crippen LogP contribution < -0.4 is 5.32 Å². The topological polar surface area (TPSA) is 55.2 Å². The molecule has 1 N–H and O–H groups in total. The van der Waals surface area contributed by atoms with Gasteiger partial charge in [-0.15, -0.1) is 11.8 Å². The third-order valence-electron chi connectivity index (χ3n) is 2.86. The molecule has 0 heterocycles. The van der Waals surface area contributed by atoms with Crippen LogP contribution in [-0.2, 0) is 0 Å². The van der Waals surface area contributed by atoms with Crippen LogP contribution in [0.3, 0.4) is 0 Å². The molecule has 0 aliphatic heterocycles. The Labute approximate surface area is 112 Å². The van der Waals surface area contributed by atoms with Gasteiger partial charge >= 0.3 is 0 Å². The SMILES string of the molecule is CNC(CSc1ccccc1[N+](=O)[O-])C(C)(C)C. The van der Waals surface area contributed by atoms with Crippen molar-refractivity contribution in [3.05, 3.63) is 34.4 Å². The Morgan fingerprint density at radius 2 is 2.00 bits per heavy atom. The highest BCUT2D eigenvalue weighted by Gasteiger charge is 2.24. The first-order valence-electron chi connectivity index (χ1n) is 5.89. The number of thioether (sulfide) groups is 1. The predicted octanol–water partition coefficient (Wildman–Crippen LogP) is 3.32. The second-order valence-corrected chi connectivity index (χ2v) is 6.30. The first-order valence-corrected chi connectivity index (χ1v) is 6.88. The molecule has 100 valence electrons. The maximum Gasteiger partial charge on any atom is 0.282 e. The van der Waals surface area contributed by atoms with Crippen LogP contribution in [0.4, 0.5) is 5.69 Å². The molecule has 0 radical (unpaired) electrons. The van der Waals surface area contributed by atoms with Gasteiger partial charge in [0.2, 0.25) is 0 Å². The average molecular weight is 268 g/mol. The summed E-state index contributed by atoms with van der Waals surface area (Å²) in [6, 6.07) is 7.19. The molecule has 0 saturated heterocycles. The number of nitro benzene ring substituents is 1. The summed E-state index contributed by atoms with van der Waals surface area (Å²) in [6.07, 6.45) is 0. The van der Waals surface area contributed by atoms with Crippen LogP contribution in [-0.4, -0.2) is 23.8 Å². The van der Waals surface area contributed by atoms with Crippen LogP contribution in [0.5, 0.6) is 0 Å². The second kappa shape index (κ2) is 6.20. The first-order chi connectivity index (χ1) is 8.36. The number of hydrogen-bond donors (Lipinski definition) is 1. The molecule has 1 aromatic rings. The van der Waals surface area contributed by atoms with E-state index in [-0.39, 0.29) is 16.0 Å². The van der Waals surface area contributed by atoms with E-state index in [9.17, 15) is 10.1 Å². The summed E-state index contributed by atoms with van der Waals surface area (Å²) in [4.78, 5) is 11.3. The fourth-order valence-electron chi connectivity index (χ4n) is 1.67. The quantitative estimate of drug-likeness (QED) is 0.505. The summed E-state index contributed by atoms with van der Waals surface area (Å²) in [5.74, 6) is 0.810. The molecule has 0 spiro atoms. The number of nitrogens with one attached hydrogen (secondary N) is 1. The molecule has 1 rings (SSSR count). The van der Waals surface area contributed by atoms with Crippen molar-refractivity contribution in [3.63, 3.8) is 0 Å². The number of nitrogens with zero attached hydrogens (tertiary/aromatic N) is 1. The Kier molecular flexibility index (Phi) is 5.16. The van der Waals surface area contributed by atoms with Crippen LogP contribution in [0.15, 0.2) is 29.2 Å². The van der Waals surface area contributed by atoms with E-state index in [1.54, 1.807) is 18.2 Å². The van der Waals surface area contributed by atoms with Gasteiger partial charge in [-0.25, -0.2) is 0 Å². The van der Waals surface area contributed by atoms with Crippen LogP contribution in [0, 0.1) is 15.5 Å². The van der Waals surface area contributed by atoms with Gasteiger partial charge in [0.1, 0.15) is 0 Å². The molecular formula is C13H20N2O2S. The van der Waals surface area contributed by atoms with E-state index >= 15 is 0 Å². The van der Waals surface area contributed by atoms with E-state index in [1.807, 2.05) is 13.1 Å². The van der Waals surface area contributed by atoms with Gasteiger partial charge in [0.05, 0.1) is 9.82 Å². The van der Waals surface area contributed by atoms with E-state index in [0.717, 1.165) is 10.6 Å². The van der Waals surface area contributed by atoms with Crippen molar-refractivity contribution in [2.75, 3.05) is 12.8 Å². The van der Waals surface area contributed by atoms with E-state index in [1.165, 1.54) is 11.8 Å². The summed E-state index contributed by atoms with van der Waals surface area (Å²) >= 11 is 1.53. The fraction of sp³-hybridized carbons (Fsp3) is 0.538. The third-order valence-corrected chi connectivity index (χ3v) is 4.02. The Morgan fingerprint density at radius 1 is 1.39 bits per heavy atom. The second-order valence-electron chi connectivity index (χ2n) is 5.24. The van der Waals surface area contributed by atoms with E-state index in [0.29, 0.717) is 6.04 Å². The van der Waals surface area contributed by atoms with Crippen molar-refractivity contribution in [3.8, 4) is 0 Å². The average Bonchev–Trinajstić information content (AvgIpc) is 2.28. The predicted molar refractivity (Wildman–Crippen MR) is 76.1 cm³/mol. The van der Waals surface area contributed by atoms with Crippen LogP contribution in [0.25, 0.3) is 0 Å². The molecule has 18 heavy (non-hydrogen) atoms. The summed E-state index contributed by atoms with van der Waals surface area (Å²) in [7, 11) is 1.93. The van der Waals surface area contributed by atoms with Crippen molar-refractivity contribution < 1.29 is 4.92 Å². The lowest BCUT2D eigenvalue weighted by molar-refractivity contribution is -0.387. The van der Waals surface area contributed by atoms with Gasteiger partial charge in [-0.1, -0.05) is 32.9 Å². The number of nitro groups is 1. The lowest BCUT2D eigenvalue weighted by Crippen LogP contribution is -2.40. The van der Waals surface area contributed by atoms with E-state index in [2.05, 4.69) is 26.1 Å². The Morgan fingerprint density at radius 3 is 2.50 bits per heavy atom. The maximum atomic E-state index is 10.9. The van der Waals surface area contributed by atoms with Gasteiger partial charge in [0.15, 0.2) is 0 Å². The zero-order valence-corrected chi connectivity index (χ0v) is 12.1. The van der Waals surface area contributed by atoms with Crippen LogP contribution in [0.2, 0.25) is 0 Å². The Balaban J connectivity index is 2.77. The summed E-state index contributed by atoms with van der Waals surface area (Å²) in [6.45, 7) is 6.48. The summed E-state index contributed by atoms with van der Waals surface area (Å²) in [5.41, 5.74) is 0.317. The van der Waals surface area contributed by atoms with Gasteiger partial charge in [-0.05, 0) is 18.5 Å². The van der Waals surface area contributed by atoms with E-state index in [4.69, 9.17) is 0 Å². The minimum absolute atomic E-state index is 0.130. The molecule has 0 aromatic heterocycles. The highest BCUT2D eigenvalue weighted by atomic mass is 32.2. The van der Waals surface area contributed by atoms with Gasteiger partial charge in [-0.2, -0.15) is 0 Å². The van der Waals surface area contributed by atoms with Crippen molar-refractivity contribution in [1.82, 2.24) is 5.32 Å². The molecule has 0 bridgehead atoms. The molecular weight excluding hydrogens is 248 g/mol. The molecule has 5 heteroatoms. The lowest BCUT2D eigenvalue weighted by Gasteiger charge is -2.30. The molecule has 0 fully saturated rings. The maximum absolute atomic E-state index is 10.9. The van der Waals surface area contributed by atoms with Gasteiger partial charge < -0.3 is 5.32 Å². The normalized spacial score (nSPS) is 13.3. The number of hydrogen-bond acceptors (Lipinski definition) is 4. The van der Waals surface area contributed by atoms with Crippen LogP contribution >= 0.6 is 11.8 Å². The molecule has 0 aliphatic carbocycles. The smallest absolute Gasteiger partial charge is 0.282 e. The largest absolute Gasteiger partial charge is 0.316 e. The lowest BCUT2D eigenvalue weighted by atomic mass is 9.88.